The first-order chi connectivity index (χ1) is 13.5. The number of rotatable bonds is 4. The molecule has 3 aromatic rings. The van der Waals surface area contributed by atoms with Crippen molar-refractivity contribution in [3.63, 3.8) is 0 Å². The molecule has 1 saturated heterocycles. The largest absolute Gasteiger partial charge is 0.394 e. The standard InChI is InChI=1S/C19H20ClN3O5/c20-13-3-2-11(19-18(27)17(26)16(25)14(8-24)28-19)6-12(13)5-10-1-4-15-21-9-22-23(15)7-10/h1-4,6-7,9,14,16-19,24-27H,5,8H2/t14?,16-,17-,18?,19-/m0/s1. The zero-order valence-electron chi connectivity index (χ0n) is 14.8. The molecule has 0 radical (unpaired) electrons. The van der Waals surface area contributed by atoms with Gasteiger partial charge in [-0.15, -0.1) is 0 Å². The summed E-state index contributed by atoms with van der Waals surface area (Å²) in [5.41, 5.74) is 3.10. The number of halogens is 1. The third-order valence-electron chi connectivity index (χ3n) is 5.02. The monoisotopic (exact) mass is 405 g/mol. The van der Waals surface area contributed by atoms with Gasteiger partial charge in [0.05, 0.1) is 6.61 Å². The highest BCUT2D eigenvalue weighted by atomic mass is 35.5. The average Bonchev–Trinajstić information content (AvgIpc) is 3.16. The Labute approximate surface area is 165 Å². The van der Waals surface area contributed by atoms with Crippen molar-refractivity contribution in [3.8, 4) is 0 Å². The summed E-state index contributed by atoms with van der Waals surface area (Å²) in [5, 5.41) is 44.4. The van der Waals surface area contributed by atoms with Gasteiger partial charge in [0.25, 0.3) is 0 Å². The molecule has 1 aliphatic heterocycles. The summed E-state index contributed by atoms with van der Waals surface area (Å²) < 4.78 is 7.30. The van der Waals surface area contributed by atoms with Gasteiger partial charge < -0.3 is 25.2 Å². The Kier molecular flexibility index (Phi) is 5.33. The Bertz CT molecular complexity index is 979. The molecule has 0 bridgehead atoms. The number of ether oxygens (including phenoxy) is 1. The van der Waals surface area contributed by atoms with Crippen LogP contribution in [-0.4, -0.2) is 66.0 Å². The van der Waals surface area contributed by atoms with Crippen molar-refractivity contribution >= 4 is 17.2 Å². The van der Waals surface area contributed by atoms with E-state index in [1.165, 1.54) is 6.33 Å². The van der Waals surface area contributed by atoms with E-state index in [4.69, 9.17) is 16.3 Å². The second-order valence-electron chi connectivity index (χ2n) is 6.88. The van der Waals surface area contributed by atoms with Crippen LogP contribution < -0.4 is 0 Å². The van der Waals surface area contributed by atoms with Crippen LogP contribution in [0.1, 0.15) is 22.8 Å². The first-order valence-corrected chi connectivity index (χ1v) is 9.23. The number of pyridine rings is 1. The molecule has 2 unspecified atom stereocenters. The van der Waals surface area contributed by atoms with Crippen LogP contribution in [0, 0.1) is 0 Å². The van der Waals surface area contributed by atoms with Gasteiger partial charge in [0, 0.05) is 17.6 Å². The van der Waals surface area contributed by atoms with Gasteiger partial charge in [-0.1, -0.05) is 29.8 Å². The lowest BCUT2D eigenvalue weighted by Crippen LogP contribution is -2.55. The predicted molar refractivity (Wildman–Crippen MR) is 100.0 cm³/mol. The number of fused-ring (bicyclic) bond motifs is 1. The molecule has 8 nitrogen and oxygen atoms in total. The molecule has 1 aromatic carbocycles. The highest BCUT2D eigenvalue weighted by molar-refractivity contribution is 6.31. The molecule has 0 spiro atoms. The van der Waals surface area contributed by atoms with Gasteiger partial charge in [-0.3, -0.25) is 0 Å². The second kappa shape index (κ2) is 7.75. The molecule has 0 saturated carbocycles. The van der Waals surface area contributed by atoms with Gasteiger partial charge in [0.2, 0.25) is 0 Å². The third-order valence-corrected chi connectivity index (χ3v) is 5.39. The number of hydrogen-bond acceptors (Lipinski definition) is 7. The highest BCUT2D eigenvalue weighted by Gasteiger charge is 2.43. The molecule has 5 atom stereocenters. The van der Waals surface area contributed by atoms with Gasteiger partial charge in [-0.25, -0.2) is 9.50 Å². The summed E-state index contributed by atoms with van der Waals surface area (Å²) in [5.74, 6) is 0. The van der Waals surface area contributed by atoms with E-state index < -0.39 is 37.1 Å². The minimum Gasteiger partial charge on any atom is -0.394 e. The van der Waals surface area contributed by atoms with Crippen LogP contribution in [-0.2, 0) is 11.2 Å². The average molecular weight is 406 g/mol. The maximum absolute atomic E-state index is 10.4. The molecule has 2 aromatic heterocycles. The molecule has 1 fully saturated rings. The van der Waals surface area contributed by atoms with E-state index in [0.29, 0.717) is 17.0 Å². The van der Waals surface area contributed by atoms with Crippen molar-refractivity contribution in [2.24, 2.45) is 0 Å². The lowest BCUT2D eigenvalue weighted by molar-refractivity contribution is -0.231. The Hall–Kier alpha value is -2.07. The van der Waals surface area contributed by atoms with Gasteiger partial charge >= 0.3 is 0 Å². The Morgan fingerprint density at radius 2 is 1.89 bits per heavy atom. The lowest BCUT2D eigenvalue weighted by Gasteiger charge is -2.40. The van der Waals surface area contributed by atoms with Crippen LogP contribution in [0.5, 0.6) is 0 Å². The van der Waals surface area contributed by atoms with Gasteiger partial charge in [-0.2, -0.15) is 5.10 Å². The summed E-state index contributed by atoms with van der Waals surface area (Å²) >= 11 is 6.36. The van der Waals surface area contributed by atoms with Crippen LogP contribution in [0.15, 0.2) is 42.9 Å². The van der Waals surface area contributed by atoms with Crippen LogP contribution in [0.3, 0.4) is 0 Å². The molecule has 3 heterocycles. The third kappa shape index (κ3) is 3.50. The van der Waals surface area contributed by atoms with Gasteiger partial charge in [-0.05, 0) is 28.8 Å². The topological polar surface area (TPSA) is 120 Å². The lowest BCUT2D eigenvalue weighted by atomic mass is 9.90. The van der Waals surface area contributed by atoms with Crippen molar-refractivity contribution in [1.29, 1.82) is 0 Å². The van der Waals surface area contributed by atoms with Crippen LogP contribution in [0.25, 0.3) is 5.65 Å². The molecular weight excluding hydrogens is 386 g/mol. The van der Waals surface area contributed by atoms with E-state index in [-0.39, 0.29) is 0 Å². The molecule has 9 heteroatoms. The number of nitrogens with zero attached hydrogens (tertiary/aromatic N) is 3. The fourth-order valence-electron chi connectivity index (χ4n) is 3.47. The zero-order valence-corrected chi connectivity index (χ0v) is 15.5. The summed E-state index contributed by atoms with van der Waals surface area (Å²) in [6.07, 6.45) is -2.16. The Balaban J connectivity index is 1.62. The zero-order chi connectivity index (χ0) is 19.8. The van der Waals surface area contributed by atoms with Crippen LogP contribution in [0.4, 0.5) is 0 Å². The first kappa shape index (κ1) is 19.3. The van der Waals surface area contributed by atoms with Crippen molar-refractivity contribution in [2.45, 2.75) is 36.9 Å². The van der Waals surface area contributed by atoms with Crippen molar-refractivity contribution < 1.29 is 25.2 Å². The maximum Gasteiger partial charge on any atom is 0.155 e. The summed E-state index contributed by atoms with van der Waals surface area (Å²) in [4.78, 5) is 4.11. The molecule has 0 amide bonds. The summed E-state index contributed by atoms with van der Waals surface area (Å²) in [7, 11) is 0. The summed E-state index contributed by atoms with van der Waals surface area (Å²) in [6.45, 7) is -0.472. The molecule has 0 aliphatic carbocycles. The fraction of sp³-hybridized carbons (Fsp3) is 0.368. The minimum atomic E-state index is -1.43. The Morgan fingerprint density at radius 1 is 1.07 bits per heavy atom. The van der Waals surface area contributed by atoms with Crippen molar-refractivity contribution in [3.05, 3.63) is 64.6 Å². The van der Waals surface area contributed by atoms with Crippen molar-refractivity contribution in [2.75, 3.05) is 6.61 Å². The molecule has 148 valence electrons. The summed E-state index contributed by atoms with van der Waals surface area (Å²) in [6, 6.07) is 8.97. The molecule has 4 rings (SSSR count). The van der Waals surface area contributed by atoms with E-state index in [9.17, 15) is 20.4 Å². The van der Waals surface area contributed by atoms with E-state index >= 15 is 0 Å². The molecule has 4 N–H and O–H groups in total. The van der Waals surface area contributed by atoms with Gasteiger partial charge in [0.1, 0.15) is 36.8 Å². The van der Waals surface area contributed by atoms with E-state index in [1.807, 2.05) is 18.3 Å². The minimum absolute atomic E-state index is 0.472. The van der Waals surface area contributed by atoms with E-state index in [0.717, 1.165) is 16.8 Å². The number of benzene rings is 1. The highest BCUT2D eigenvalue weighted by Crippen LogP contribution is 2.34. The van der Waals surface area contributed by atoms with Crippen LogP contribution in [0.2, 0.25) is 5.02 Å². The smallest absolute Gasteiger partial charge is 0.155 e. The Morgan fingerprint density at radius 3 is 2.68 bits per heavy atom. The predicted octanol–water partition coefficient (Wildman–Crippen LogP) is 0.488. The molecule has 1 aliphatic rings. The molecule has 28 heavy (non-hydrogen) atoms. The normalized spacial score (nSPS) is 28.0. The number of aromatic nitrogens is 3. The molecular formula is C19H20ClN3O5. The fourth-order valence-corrected chi connectivity index (χ4v) is 3.65. The number of aliphatic hydroxyl groups is 4. The van der Waals surface area contributed by atoms with Crippen molar-refractivity contribution in [1.82, 2.24) is 14.6 Å². The van der Waals surface area contributed by atoms with E-state index in [1.54, 1.807) is 22.7 Å². The number of aliphatic hydroxyl groups excluding tert-OH is 4. The SMILES string of the molecule is OCC1O[C@@H](c2ccc(Cl)c(Cc3ccc4ncnn4c3)c2)C(O)[C@@H](O)[C@H]1O. The van der Waals surface area contributed by atoms with E-state index in [2.05, 4.69) is 10.1 Å². The maximum atomic E-state index is 10.4. The van der Waals surface area contributed by atoms with Gasteiger partial charge in [0.15, 0.2) is 5.65 Å². The second-order valence-corrected chi connectivity index (χ2v) is 7.28. The first-order valence-electron chi connectivity index (χ1n) is 8.85. The quantitative estimate of drug-likeness (QED) is 0.498. The number of hydrogen-bond donors (Lipinski definition) is 4. The van der Waals surface area contributed by atoms with Crippen LogP contribution >= 0.6 is 11.6 Å².